The molecule has 0 saturated carbocycles. The molecule has 5 aromatic rings. The number of carbonyl (C=O) groups excluding carboxylic acids is 2. The van der Waals surface area contributed by atoms with E-state index >= 15 is 0 Å². The molecule has 0 saturated heterocycles. The van der Waals surface area contributed by atoms with E-state index in [9.17, 15) is 9.59 Å². The number of ether oxygens (including phenoxy) is 1. The number of nitrogens with zero attached hydrogens (tertiary/aromatic N) is 1. The molecule has 0 fully saturated rings. The monoisotopic (exact) mass is 455 g/mol. The molecule has 7 heteroatoms. The van der Waals surface area contributed by atoms with Crippen LogP contribution in [0.15, 0.2) is 72.9 Å². The molecule has 2 aromatic heterocycles. The molecule has 0 aliphatic heterocycles. The maximum Gasteiger partial charge on any atom is 0.310 e. The number of amides is 1. The lowest BCUT2D eigenvalue weighted by atomic mass is 10.1. The maximum atomic E-state index is 12.2. The molecule has 164 valence electrons. The Bertz CT molecular complexity index is 1470. The van der Waals surface area contributed by atoms with Crippen molar-refractivity contribution in [3.05, 3.63) is 84.1 Å². The first kappa shape index (κ1) is 20.9. The number of aryl methyl sites for hydroxylation is 1. The van der Waals surface area contributed by atoms with Gasteiger partial charge in [0.05, 0.1) is 16.6 Å². The summed E-state index contributed by atoms with van der Waals surface area (Å²) in [5.41, 5.74) is 5.61. The smallest absolute Gasteiger partial charge is 0.310 e. The number of aromatic nitrogens is 2. The highest BCUT2D eigenvalue weighted by atomic mass is 32.1. The molecule has 3 aromatic carbocycles. The van der Waals surface area contributed by atoms with E-state index in [1.54, 1.807) is 17.5 Å². The van der Waals surface area contributed by atoms with E-state index in [1.165, 1.54) is 5.56 Å². The van der Waals surface area contributed by atoms with Gasteiger partial charge in [0.1, 0.15) is 5.01 Å². The summed E-state index contributed by atoms with van der Waals surface area (Å²) in [5, 5.41) is 4.66. The number of thiazole rings is 1. The van der Waals surface area contributed by atoms with Gasteiger partial charge in [-0.15, -0.1) is 11.3 Å². The molecule has 0 atom stereocenters. The van der Waals surface area contributed by atoms with Gasteiger partial charge in [-0.2, -0.15) is 0 Å². The molecule has 0 aliphatic carbocycles. The number of hydrogen-bond acceptors (Lipinski definition) is 5. The predicted octanol–water partition coefficient (Wildman–Crippen LogP) is 5.48. The quantitative estimate of drug-likeness (QED) is 0.332. The van der Waals surface area contributed by atoms with E-state index in [-0.39, 0.29) is 18.9 Å². The molecule has 1 amide bonds. The fourth-order valence-electron chi connectivity index (χ4n) is 3.68. The SMILES string of the molecule is Cc1ccc2nc(-c3ccc(NC(=O)COC(=O)Cc4c[nH]c5ccccc45)cc3)sc2c1. The van der Waals surface area contributed by atoms with Gasteiger partial charge in [-0.1, -0.05) is 24.3 Å². The number of anilines is 1. The van der Waals surface area contributed by atoms with Crippen LogP contribution in [0.1, 0.15) is 11.1 Å². The highest BCUT2D eigenvalue weighted by Gasteiger charge is 2.12. The Labute approximate surface area is 194 Å². The number of hydrogen-bond donors (Lipinski definition) is 2. The number of nitrogens with one attached hydrogen (secondary N) is 2. The molecular formula is C26H21N3O3S. The van der Waals surface area contributed by atoms with Gasteiger partial charge in [0.25, 0.3) is 5.91 Å². The van der Waals surface area contributed by atoms with Gasteiger partial charge < -0.3 is 15.0 Å². The van der Waals surface area contributed by atoms with Crippen LogP contribution in [0.4, 0.5) is 5.69 Å². The average Bonchev–Trinajstić information content (AvgIpc) is 3.42. The zero-order valence-corrected chi connectivity index (χ0v) is 18.7. The van der Waals surface area contributed by atoms with Gasteiger partial charge >= 0.3 is 5.97 Å². The molecule has 5 rings (SSSR count). The third-order valence-corrected chi connectivity index (χ3v) is 6.40. The van der Waals surface area contributed by atoms with Crippen LogP contribution in [0.3, 0.4) is 0 Å². The Hall–Kier alpha value is -3.97. The first-order chi connectivity index (χ1) is 16.0. The molecule has 0 spiro atoms. The molecule has 33 heavy (non-hydrogen) atoms. The predicted molar refractivity (Wildman–Crippen MR) is 131 cm³/mol. The van der Waals surface area contributed by atoms with Gasteiger partial charge in [0.2, 0.25) is 0 Å². The van der Waals surface area contributed by atoms with Crippen molar-refractivity contribution < 1.29 is 14.3 Å². The van der Waals surface area contributed by atoms with Crippen LogP contribution in [0.2, 0.25) is 0 Å². The van der Waals surface area contributed by atoms with Crippen LogP contribution in [0, 0.1) is 6.92 Å². The lowest BCUT2D eigenvalue weighted by Gasteiger charge is -2.07. The molecule has 0 aliphatic rings. The third-order valence-electron chi connectivity index (χ3n) is 5.33. The van der Waals surface area contributed by atoms with Crippen LogP contribution < -0.4 is 5.32 Å². The molecule has 6 nitrogen and oxygen atoms in total. The second-order valence-electron chi connectivity index (χ2n) is 7.81. The second kappa shape index (κ2) is 8.88. The minimum absolute atomic E-state index is 0.105. The van der Waals surface area contributed by atoms with Crippen molar-refractivity contribution in [2.75, 3.05) is 11.9 Å². The lowest BCUT2D eigenvalue weighted by molar-refractivity contribution is -0.146. The standard InChI is InChI=1S/C26H21N3O3S/c1-16-6-11-22-23(12-16)33-26(29-22)17-7-9-19(10-8-17)28-24(30)15-32-25(31)13-18-14-27-21-5-3-2-4-20(18)21/h2-12,14,27H,13,15H2,1H3,(H,28,30). The van der Waals surface area contributed by atoms with Gasteiger partial charge in [-0.25, -0.2) is 4.98 Å². The minimum atomic E-state index is -0.448. The summed E-state index contributed by atoms with van der Waals surface area (Å²) in [4.78, 5) is 32.2. The molecule has 2 heterocycles. The van der Waals surface area contributed by atoms with Gasteiger partial charge in [-0.05, 0) is 60.5 Å². The average molecular weight is 456 g/mol. The minimum Gasteiger partial charge on any atom is -0.455 e. The van der Waals surface area contributed by atoms with Gasteiger partial charge in [-0.3, -0.25) is 9.59 Å². The number of para-hydroxylation sites is 1. The number of aromatic amines is 1. The fourth-order valence-corrected chi connectivity index (χ4v) is 4.75. The Morgan fingerprint density at radius 1 is 1.06 bits per heavy atom. The summed E-state index contributed by atoms with van der Waals surface area (Å²) in [6, 6.07) is 21.4. The number of benzene rings is 3. The first-order valence-electron chi connectivity index (χ1n) is 10.5. The van der Waals surface area contributed by atoms with Crippen LogP contribution in [-0.2, 0) is 20.7 Å². The molecular weight excluding hydrogens is 434 g/mol. The Morgan fingerprint density at radius 3 is 2.73 bits per heavy atom. The van der Waals surface area contributed by atoms with Crippen molar-refractivity contribution in [2.24, 2.45) is 0 Å². The number of fused-ring (bicyclic) bond motifs is 2. The van der Waals surface area contributed by atoms with Crippen molar-refractivity contribution in [3.8, 4) is 10.6 Å². The molecule has 0 unspecified atom stereocenters. The van der Waals surface area contributed by atoms with E-state index in [4.69, 9.17) is 4.74 Å². The fraction of sp³-hybridized carbons (Fsp3) is 0.115. The van der Waals surface area contributed by atoms with E-state index in [0.717, 1.165) is 37.3 Å². The maximum absolute atomic E-state index is 12.2. The van der Waals surface area contributed by atoms with Crippen molar-refractivity contribution in [2.45, 2.75) is 13.3 Å². The van der Waals surface area contributed by atoms with E-state index in [0.29, 0.717) is 5.69 Å². The highest BCUT2D eigenvalue weighted by Crippen LogP contribution is 2.31. The summed E-state index contributed by atoms with van der Waals surface area (Å²) in [6.45, 7) is 1.73. The van der Waals surface area contributed by atoms with Crippen LogP contribution in [-0.4, -0.2) is 28.5 Å². The van der Waals surface area contributed by atoms with Crippen LogP contribution in [0.5, 0.6) is 0 Å². The zero-order valence-electron chi connectivity index (χ0n) is 17.9. The number of H-pyrrole nitrogens is 1. The first-order valence-corrected chi connectivity index (χ1v) is 11.3. The lowest BCUT2D eigenvalue weighted by Crippen LogP contribution is -2.21. The summed E-state index contributed by atoms with van der Waals surface area (Å²) >= 11 is 1.64. The molecule has 2 N–H and O–H groups in total. The zero-order chi connectivity index (χ0) is 22.8. The Morgan fingerprint density at radius 2 is 1.88 bits per heavy atom. The summed E-state index contributed by atoms with van der Waals surface area (Å²) in [5.74, 6) is -0.832. The number of carbonyl (C=O) groups is 2. The van der Waals surface area contributed by atoms with Crippen molar-refractivity contribution in [1.29, 1.82) is 0 Å². The van der Waals surface area contributed by atoms with Crippen LogP contribution in [0.25, 0.3) is 31.7 Å². The topological polar surface area (TPSA) is 84.1 Å². The number of esters is 1. The highest BCUT2D eigenvalue weighted by molar-refractivity contribution is 7.21. The molecule has 0 bridgehead atoms. The number of rotatable bonds is 6. The van der Waals surface area contributed by atoms with Crippen molar-refractivity contribution in [3.63, 3.8) is 0 Å². The van der Waals surface area contributed by atoms with E-state index < -0.39 is 5.97 Å². The summed E-state index contributed by atoms with van der Waals surface area (Å²) < 4.78 is 6.31. The largest absolute Gasteiger partial charge is 0.455 e. The second-order valence-corrected chi connectivity index (χ2v) is 8.84. The van der Waals surface area contributed by atoms with Gasteiger partial charge in [0, 0.05) is 28.4 Å². The van der Waals surface area contributed by atoms with E-state index in [1.807, 2.05) is 54.6 Å². The van der Waals surface area contributed by atoms with Crippen LogP contribution >= 0.6 is 11.3 Å². The summed E-state index contributed by atoms with van der Waals surface area (Å²) in [7, 11) is 0. The van der Waals surface area contributed by atoms with E-state index in [2.05, 4.69) is 34.3 Å². The third kappa shape index (κ3) is 4.63. The summed E-state index contributed by atoms with van der Waals surface area (Å²) in [6.07, 6.45) is 1.90. The van der Waals surface area contributed by atoms with Crippen molar-refractivity contribution in [1.82, 2.24) is 9.97 Å². The Balaban J connectivity index is 1.16. The Kier molecular flexibility index (Phi) is 5.62. The normalized spacial score (nSPS) is 11.1. The van der Waals surface area contributed by atoms with Gasteiger partial charge in [0.15, 0.2) is 6.61 Å². The van der Waals surface area contributed by atoms with Crippen molar-refractivity contribution >= 4 is 50.0 Å². The molecule has 0 radical (unpaired) electrons.